The number of hydrogen-bond donors (Lipinski definition) is 1. The second-order valence-electron chi connectivity index (χ2n) is 4.79. The summed E-state index contributed by atoms with van der Waals surface area (Å²) in [5.74, 6) is -0.437. The Balaban J connectivity index is 0.00000200. The second kappa shape index (κ2) is 7.45. The van der Waals surface area contributed by atoms with Crippen molar-refractivity contribution in [1.82, 2.24) is 10.2 Å². The fourth-order valence-corrected chi connectivity index (χ4v) is 2.19. The van der Waals surface area contributed by atoms with E-state index in [0.717, 1.165) is 6.54 Å². The van der Waals surface area contributed by atoms with Crippen molar-refractivity contribution in [2.24, 2.45) is 0 Å². The molecule has 6 heteroatoms. The Bertz CT molecular complexity index is 459. The first-order valence-electron chi connectivity index (χ1n) is 6.50. The maximum atomic E-state index is 13.4. The lowest BCUT2D eigenvalue weighted by Crippen LogP contribution is -2.58. The summed E-state index contributed by atoms with van der Waals surface area (Å²) in [6.07, 6.45) is 0. The van der Waals surface area contributed by atoms with Crippen molar-refractivity contribution >= 4 is 18.3 Å². The van der Waals surface area contributed by atoms with Gasteiger partial charge in [0.25, 0.3) is 5.91 Å². The molecule has 0 aromatic heterocycles. The minimum absolute atomic E-state index is 0. The second-order valence-corrected chi connectivity index (χ2v) is 4.79. The minimum atomic E-state index is -0.447. The third-order valence-corrected chi connectivity index (χ3v) is 3.54. The Kier molecular flexibility index (Phi) is 6.23. The van der Waals surface area contributed by atoms with Gasteiger partial charge in [0.1, 0.15) is 0 Å². The third-order valence-electron chi connectivity index (χ3n) is 3.54. The fourth-order valence-electron chi connectivity index (χ4n) is 2.19. The van der Waals surface area contributed by atoms with Crippen LogP contribution < -0.4 is 10.1 Å². The Hall–Kier alpha value is -1.33. The number of para-hydroxylation sites is 1. The summed E-state index contributed by atoms with van der Waals surface area (Å²) in [5.41, 5.74) is 0. The predicted molar refractivity (Wildman–Crippen MR) is 77.8 cm³/mol. The van der Waals surface area contributed by atoms with Crippen molar-refractivity contribution in [1.29, 1.82) is 0 Å². The molecule has 1 aromatic rings. The number of carbonyl (C=O) groups excluding carboxylic acids is 1. The number of benzene rings is 1. The van der Waals surface area contributed by atoms with E-state index >= 15 is 0 Å². The predicted octanol–water partition coefficient (Wildman–Crippen LogP) is 1.84. The summed E-state index contributed by atoms with van der Waals surface area (Å²) in [6.45, 7) is 5.35. The molecule has 0 radical (unpaired) electrons. The van der Waals surface area contributed by atoms with Gasteiger partial charge >= 0.3 is 0 Å². The quantitative estimate of drug-likeness (QED) is 0.926. The summed E-state index contributed by atoms with van der Waals surface area (Å²) in [7, 11) is 0. The van der Waals surface area contributed by atoms with E-state index in [4.69, 9.17) is 4.74 Å². The van der Waals surface area contributed by atoms with Gasteiger partial charge in [0.2, 0.25) is 0 Å². The highest BCUT2D eigenvalue weighted by Gasteiger charge is 2.28. The average Bonchev–Trinajstić information content (AvgIpc) is 2.40. The summed E-state index contributed by atoms with van der Waals surface area (Å²) in [4.78, 5) is 13.9. The number of halogens is 2. The van der Waals surface area contributed by atoms with Crippen LogP contribution in [0.15, 0.2) is 24.3 Å². The van der Waals surface area contributed by atoms with Gasteiger partial charge in [0, 0.05) is 25.2 Å². The van der Waals surface area contributed by atoms with Crippen LogP contribution in [-0.4, -0.2) is 42.6 Å². The Morgan fingerprint density at radius 2 is 2.15 bits per heavy atom. The maximum Gasteiger partial charge on any atom is 0.260 e. The highest BCUT2D eigenvalue weighted by atomic mass is 35.5. The van der Waals surface area contributed by atoms with Crippen molar-refractivity contribution < 1.29 is 13.9 Å². The van der Waals surface area contributed by atoms with Gasteiger partial charge in [-0.25, -0.2) is 4.39 Å². The van der Waals surface area contributed by atoms with Gasteiger partial charge in [-0.3, -0.25) is 4.79 Å². The van der Waals surface area contributed by atoms with Crippen LogP contribution in [0.5, 0.6) is 5.75 Å². The van der Waals surface area contributed by atoms with Crippen molar-refractivity contribution in [2.45, 2.75) is 25.9 Å². The molecule has 0 spiro atoms. The van der Waals surface area contributed by atoms with E-state index in [0.29, 0.717) is 6.54 Å². The summed E-state index contributed by atoms with van der Waals surface area (Å²) >= 11 is 0. The molecule has 1 aromatic carbocycles. The lowest BCUT2D eigenvalue weighted by molar-refractivity contribution is -0.137. The molecule has 1 amide bonds. The van der Waals surface area contributed by atoms with Gasteiger partial charge in [0.05, 0.1) is 0 Å². The molecule has 1 aliphatic heterocycles. The first-order valence-corrected chi connectivity index (χ1v) is 6.50. The van der Waals surface area contributed by atoms with Crippen LogP contribution in [0.4, 0.5) is 4.39 Å². The average molecular weight is 303 g/mol. The molecule has 4 nitrogen and oxygen atoms in total. The van der Waals surface area contributed by atoms with Crippen LogP contribution in [0.25, 0.3) is 0 Å². The summed E-state index contributed by atoms with van der Waals surface area (Å²) < 4.78 is 18.6. The van der Waals surface area contributed by atoms with E-state index in [1.807, 2.05) is 13.8 Å². The zero-order chi connectivity index (χ0) is 13.8. The highest BCUT2D eigenvalue weighted by molar-refractivity contribution is 5.85. The number of hydrogen-bond acceptors (Lipinski definition) is 3. The largest absolute Gasteiger partial charge is 0.481 e. The van der Waals surface area contributed by atoms with E-state index in [1.165, 1.54) is 12.1 Å². The van der Waals surface area contributed by atoms with Crippen LogP contribution in [0, 0.1) is 5.82 Å². The molecule has 1 saturated heterocycles. The molecule has 1 N–H and O–H groups in total. The van der Waals surface area contributed by atoms with E-state index in [2.05, 4.69) is 5.32 Å². The molecule has 1 aliphatic rings. The number of amides is 1. The van der Waals surface area contributed by atoms with E-state index in [-0.39, 0.29) is 42.8 Å². The zero-order valence-corrected chi connectivity index (χ0v) is 12.5. The Labute approximate surface area is 124 Å². The normalized spacial score (nSPS) is 22.1. The van der Waals surface area contributed by atoms with Gasteiger partial charge in [0.15, 0.2) is 18.2 Å². The first-order chi connectivity index (χ1) is 9.09. The standard InChI is InChI=1S/C14H19FN2O2.ClH/c1-10-11(2)17(8-7-16-10)14(18)9-19-13-6-4-3-5-12(13)15;/h3-6,10-11,16H,7-9H2,1-2H3;1H. The van der Waals surface area contributed by atoms with Gasteiger partial charge in [-0.2, -0.15) is 0 Å². The van der Waals surface area contributed by atoms with Gasteiger partial charge in [-0.05, 0) is 26.0 Å². The maximum absolute atomic E-state index is 13.4. The number of nitrogens with one attached hydrogen (secondary N) is 1. The lowest BCUT2D eigenvalue weighted by Gasteiger charge is -2.38. The van der Waals surface area contributed by atoms with Crippen LogP contribution in [0.3, 0.4) is 0 Å². The SMILES string of the molecule is CC1NCCN(C(=O)COc2ccccc2F)C1C.Cl. The molecule has 2 unspecified atom stereocenters. The lowest BCUT2D eigenvalue weighted by atomic mass is 10.1. The first kappa shape index (κ1) is 16.7. The summed E-state index contributed by atoms with van der Waals surface area (Å²) in [5, 5.41) is 3.30. The van der Waals surface area contributed by atoms with Crippen molar-refractivity contribution in [2.75, 3.05) is 19.7 Å². The number of ether oxygens (including phenoxy) is 1. The Morgan fingerprint density at radius 3 is 2.85 bits per heavy atom. The smallest absolute Gasteiger partial charge is 0.260 e. The zero-order valence-electron chi connectivity index (χ0n) is 11.6. The molecule has 2 rings (SSSR count). The molecular weight excluding hydrogens is 283 g/mol. The topological polar surface area (TPSA) is 41.6 Å². The monoisotopic (exact) mass is 302 g/mol. The van der Waals surface area contributed by atoms with E-state index in [9.17, 15) is 9.18 Å². The van der Waals surface area contributed by atoms with Gasteiger partial charge < -0.3 is 15.0 Å². The van der Waals surface area contributed by atoms with Crippen molar-refractivity contribution in [3.8, 4) is 5.75 Å². The molecule has 0 aliphatic carbocycles. The van der Waals surface area contributed by atoms with E-state index < -0.39 is 5.82 Å². The van der Waals surface area contributed by atoms with Crippen LogP contribution >= 0.6 is 12.4 Å². The van der Waals surface area contributed by atoms with Gasteiger partial charge in [-0.15, -0.1) is 12.4 Å². The minimum Gasteiger partial charge on any atom is -0.481 e. The Morgan fingerprint density at radius 1 is 1.45 bits per heavy atom. The molecule has 0 bridgehead atoms. The number of carbonyl (C=O) groups is 1. The van der Waals surface area contributed by atoms with Crippen LogP contribution in [0.2, 0.25) is 0 Å². The van der Waals surface area contributed by atoms with Crippen molar-refractivity contribution in [3.05, 3.63) is 30.1 Å². The fraction of sp³-hybridized carbons (Fsp3) is 0.500. The number of nitrogens with zero attached hydrogens (tertiary/aromatic N) is 1. The number of rotatable bonds is 3. The molecule has 0 saturated carbocycles. The molecule has 112 valence electrons. The molecule has 1 heterocycles. The molecule has 2 atom stereocenters. The van der Waals surface area contributed by atoms with Gasteiger partial charge in [-0.1, -0.05) is 12.1 Å². The van der Waals surface area contributed by atoms with Crippen LogP contribution in [-0.2, 0) is 4.79 Å². The number of piperazine rings is 1. The molecular formula is C14H20ClFN2O2. The molecule has 20 heavy (non-hydrogen) atoms. The van der Waals surface area contributed by atoms with Crippen molar-refractivity contribution in [3.63, 3.8) is 0 Å². The van der Waals surface area contributed by atoms with E-state index in [1.54, 1.807) is 17.0 Å². The van der Waals surface area contributed by atoms with Crippen LogP contribution in [0.1, 0.15) is 13.8 Å². The third kappa shape index (κ3) is 3.84. The highest BCUT2D eigenvalue weighted by Crippen LogP contribution is 2.16. The molecule has 1 fully saturated rings. The summed E-state index contributed by atoms with van der Waals surface area (Å²) in [6, 6.07) is 6.47.